The highest BCUT2D eigenvalue weighted by molar-refractivity contribution is 5.35. The Hall–Kier alpha value is -1.56. The first-order valence-corrected chi connectivity index (χ1v) is 9.49. The van der Waals surface area contributed by atoms with Gasteiger partial charge in [-0.15, -0.1) is 0 Å². The van der Waals surface area contributed by atoms with Gasteiger partial charge in [-0.1, -0.05) is 90.1 Å². The van der Waals surface area contributed by atoms with E-state index < -0.39 is 0 Å². The molecule has 130 valence electrons. The summed E-state index contributed by atoms with van der Waals surface area (Å²) in [5.41, 5.74) is 6.43. The van der Waals surface area contributed by atoms with Gasteiger partial charge in [0, 0.05) is 0 Å². The Balaban J connectivity index is 0.000000174. The number of rotatable bonds is 2. The van der Waals surface area contributed by atoms with Crippen molar-refractivity contribution in [3.63, 3.8) is 0 Å². The quantitative estimate of drug-likeness (QED) is 0.547. The van der Waals surface area contributed by atoms with Crippen molar-refractivity contribution in [3.8, 4) is 0 Å². The maximum Gasteiger partial charge on any atom is -0.0101 e. The minimum atomic E-state index is 0.412. The van der Waals surface area contributed by atoms with Crippen molar-refractivity contribution in [2.75, 3.05) is 0 Å². The van der Waals surface area contributed by atoms with Crippen LogP contribution in [0.1, 0.15) is 88.5 Å². The van der Waals surface area contributed by atoms with Crippen LogP contribution >= 0.6 is 0 Å². The molecule has 0 heteroatoms. The third-order valence-electron chi connectivity index (χ3n) is 5.24. The predicted molar refractivity (Wildman–Crippen MR) is 107 cm³/mol. The van der Waals surface area contributed by atoms with Crippen molar-refractivity contribution in [1.82, 2.24) is 0 Å². The van der Waals surface area contributed by atoms with E-state index in [-0.39, 0.29) is 0 Å². The van der Waals surface area contributed by atoms with Crippen LogP contribution in [0, 0.1) is 0 Å². The average Bonchev–Trinajstić information content (AvgIpc) is 2.55. The van der Waals surface area contributed by atoms with Gasteiger partial charge in [-0.3, -0.25) is 0 Å². The first kappa shape index (κ1) is 18.8. The molecule has 0 unspecified atom stereocenters. The zero-order valence-electron chi connectivity index (χ0n) is 16.4. The lowest BCUT2D eigenvalue weighted by Gasteiger charge is -2.32. The zero-order chi connectivity index (χ0) is 17.7. The number of hydrogen-bond acceptors (Lipinski definition) is 0. The fourth-order valence-electron chi connectivity index (χ4n) is 3.53. The van der Waals surface area contributed by atoms with E-state index in [9.17, 15) is 0 Å². The van der Waals surface area contributed by atoms with E-state index in [0.717, 1.165) is 0 Å². The van der Waals surface area contributed by atoms with Gasteiger partial charge in [0.15, 0.2) is 0 Å². The molecule has 0 saturated carbocycles. The lowest BCUT2D eigenvalue weighted by Crippen LogP contribution is -2.23. The molecule has 0 nitrogen and oxygen atoms in total. The topological polar surface area (TPSA) is 0 Å². The summed E-state index contributed by atoms with van der Waals surface area (Å²) < 4.78 is 0. The third-order valence-corrected chi connectivity index (χ3v) is 5.24. The molecule has 0 fully saturated rings. The summed E-state index contributed by atoms with van der Waals surface area (Å²) in [5.74, 6) is 1.28. The molecule has 3 rings (SSSR count). The minimum Gasteiger partial charge on any atom is -0.0620 e. The van der Waals surface area contributed by atoms with Crippen LogP contribution in [0.25, 0.3) is 0 Å². The van der Waals surface area contributed by atoms with Crippen LogP contribution in [0.3, 0.4) is 0 Å². The average molecular weight is 323 g/mol. The third kappa shape index (κ3) is 4.72. The lowest BCUT2D eigenvalue weighted by molar-refractivity contribution is 0.432. The van der Waals surface area contributed by atoms with Gasteiger partial charge in [-0.2, -0.15) is 0 Å². The number of fused-ring (bicyclic) bond motifs is 1. The van der Waals surface area contributed by atoms with E-state index in [1.165, 1.54) is 30.4 Å². The highest BCUT2D eigenvalue weighted by atomic mass is 14.3. The molecule has 2 aromatic rings. The molecule has 0 aromatic heterocycles. The molecule has 0 saturated heterocycles. The molecule has 0 spiro atoms. The van der Waals surface area contributed by atoms with E-state index in [0.29, 0.717) is 17.3 Å². The van der Waals surface area contributed by atoms with Gasteiger partial charge < -0.3 is 0 Å². The number of benzene rings is 2. The Morgan fingerprint density at radius 3 is 1.92 bits per heavy atom. The number of hydrogen-bond donors (Lipinski definition) is 0. The van der Waals surface area contributed by atoms with Crippen molar-refractivity contribution >= 4 is 0 Å². The Labute approximate surface area is 149 Å². The van der Waals surface area contributed by atoms with Crippen LogP contribution in [-0.2, 0) is 11.8 Å². The molecule has 1 aliphatic rings. The molecular formula is C24H34. The summed E-state index contributed by atoms with van der Waals surface area (Å²) in [4.78, 5) is 0. The van der Waals surface area contributed by atoms with Crippen molar-refractivity contribution in [1.29, 1.82) is 0 Å². The fourth-order valence-corrected chi connectivity index (χ4v) is 3.53. The zero-order valence-corrected chi connectivity index (χ0v) is 16.4. The Morgan fingerprint density at radius 1 is 0.792 bits per heavy atom. The molecule has 0 heterocycles. The van der Waals surface area contributed by atoms with Crippen molar-refractivity contribution in [2.45, 2.75) is 78.1 Å². The second-order valence-corrected chi connectivity index (χ2v) is 8.37. The maximum atomic E-state index is 2.35. The Morgan fingerprint density at radius 2 is 1.38 bits per heavy atom. The SMILES string of the molecule is CC(C)c1cccc(C(C)C)c1.CC1(C)CCCc2ccccc21. The molecule has 0 radical (unpaired) electrons. The highest BCUT2D eigenvalue weighted by Crippen LogP contribution is 2.36. The smallest absolute Gasteiger partial charge is 0.0101 e. The van der Waals surface area contributed by atoms with Crippen LogP contribution in [-0.4, -0.2) is 0 Å². The van der Waals surface area contributed by atoms with Crippen LogP contribution in [0.5, 0.6) is 0 Å². The highest BCUT2D eigenvalue weighted by Gasteiger charge is 2.26. The van der Waals surface area contributed by atoms with Crippen LogP contribution in [0.15, 0.2) is 48.5 Å². The number of aryl methyl sites for hydroxylation is 1. The Bertz CT molecular complexity index is 623. The monoisotopic (exact) mass is 322 g/mol. The molecule has 0 bridgehead atoms. The molecule has 1 aliphatic carbocycles. The molecular weight excluding hydrogens is 288 g/mol. The first-order valence-electron chi connectivity index (χ1n) is 9.49. The summed E-state index contributed by atoms with van der Waals surface area (Å²) in [6, 6.07) is 17.8. The van der Waals surface area contributed by atoms with Gasteiger partial charge in [0.1, 0.15) is 0 Å². The maximum absolute atomic E-state index is 2.35. The van der Waals surface area contributed by atoms with E-state index in [4.69, 9.17) is 0 Å². The van der Waals surface area contributed by atoms with E-state index >= 15 is 0 Å². The molecule has 0 atom stereocenters. The van der Waals surface area contributed by atoms with Gasteiger partial charge in [0.25, 0.3) is 0 Å². The molecule has 2 aromatic carbocycles. The van der Waals surface area contributed by atoms with Gasteiger partial charge in [0.05, 0.1) is 0 Å². The van der Waals surface area contributed by atoms with Gasteiger partial charge >= 0.3 is 0 Å². The molecule has 0 N–H and O–H groups in total. The summed E-state index contributed by atoms with van der Waals surface area (Å²) in [6.45, 7) is 13.6. The van der Waals surface area contributed by atoms with Gasteiger partial charge in [-0.05, 0) is 58.8 Å². The molecule has 24 heavy (non-hydrogen) atoms. The van der Waals surface area contributed by atoms with Crippen molar-refractivity contribution in [3.05, 3.63) is 70.8 Å². The fraction of sp³-hybridized carbons (Fsp3) is 0.500. The Kier molecular flexibility index (Phi) is 6.27. The van der Waals surface area contributed by atoms with Crippen molar-refractivity contribution < 1.29 is 0 Å². The van der Waals surface area contributed by atoms with Crippen LogP contribution in [0.4, 0.5) is 0 Å². The molecule has 0 aliphatic heterocycles. The van der Waals surface area contributed by atoms with E-state index in [1.54, 1.807) is 11.1 Å². The molecule has 0 amide bonds. The predicted octanol–water partition coefficient (Wildman–Crippen LogP) is 7.23. The normalized spacial score (nSPS) is 15.7. The summed E-state index contributed by atoms with van der Waals surface area (Å²) in [7, 11) is 0. The standard InChI is InChI=1S/C12H16.C12H18/c1-12(2)9-5-7-10-6-3-4-8-11(10)12;1-9(2)11-6-5-7-12(8-11)10(3)4/h3-4,6,8H,5,7,9H2,1-2H3;5-10H,1-4H3. The largest absolute Gasteiger partial charge is 0.0620 e. The minimum absolute atomic E-state index is 0.412. The second kappa shape index (κ2) is 8.01. The van der Waals surface area contributed by atoms with Gasteiger partial charge in [0.2, 0.25) is 0 Å². The van der Waals surface area contributed by atoms with E-state index in [1.807, 2.05) is 0 Å². The van der Waals surface area contributed by atoms with Crippen LogP contribution in [0.2, 0.25) is 0 Å². The summed E-state index contributed by atoms with van der Waals surface area (Å²) in [5, 5.41) is 0. The summed E-state index contributed by atoms with van der Waals surface area (Å²) >= 11 is 0. The van der Waals surface area contributed by atoms with E-state index in [2.05, 4.69) is 90.1 Å². The van der Waals surface area contributed by atoms with Crippen LogP contribution < -0.4 is 0 Å². The van der Waals surface area contributed by atoms with Crippen molar-refractivity contribution in [2.24, 2.45) is 0 Å². The summed E-state index contributed by atoms with van der Waals surface area (Å²) in [6.07, 6.45) is 3.97. The lowest BCUT2D eigenvalue weighted by atomic mass is 9.73. The first-order chi connectivity index (χ1) is 11.3. The van der Waals surface area contributed by atoms with Gasteiger partial charge in [-0.25, -0.2) is 0 Å². The second-order valence-electron chi connectivity index (χ2n) is 8.37.